The van der Waals surface area contributed by atoms with Crippen molar-refractivity contribution in [1.82, 2.24) is 0 Å². The third-order valence-electron chi connectivity index (χ3n) is 3.46. The molecule has 0 aliphatic rings. The Balaban J connectivity index is 2.22. The van der Waals surface area contributed by atoms with Gasteiger partial charge in [0.25, 0.3) is 0 Å². The minimum absolute atomic E-state index is 0.0734. The van der Waals surface area contributed by atoms with Gasteiger partial charge in [-0.1, -0.05) is 51.1 Å². The van der Waals surface area contributed by atoms with Crippen LogP contribution in [0.2, 0.25) is 0 Å². The minimum Gasteiger partial charge on any atom is -0.332 e. The maximum atomic E-state index is 13.0. The Morgan fingerprint density at radius 3 is 1.67 bits per heavy atom. The summed E-state index contributed by atoms with van der Waals surface area (Å²) < 4.78 is 39.1. The Bertz CT molecular complexity index is 672. The molecule has 0 unspecified atom stereocenters. The molecule has 0 bridgehead atoms. The Morgan fingerprint density at radius 2 is 1.21 bits per heavy atom. The van der Waals surface area contributed by atoms with E-state index in [2.05, 4.69) is 31.4 Å². The van der Waals surface area contributed by atoms with Crippen LogP contribution in [0.15, 0.2) is 48.5 Å². The van der Waals surface area contributed by atoms with Crippen molar-refractivity contribution in [1.29, 1.82) is 0 Å². The summed E-state index contributed by atoms with van der Waals surface area (Å²) in [5.74, 6) is 0. The lowest BCUT2D eigenvalue weighted by Gasteiger charge is -2.24. The summed E-state index contributed by atoms with van der Waals surface area (Å²) in [4.78, 5) is 0. The smallest absolute Gasteiger partial charge is 0.332 e. The van der Waals surface area contributed by atoms with E-state index < -0.39 is 11.7 Å². The Hall–Kier alpha value is -2.08. The van der Waals surface area contributed by atoms with Crippen LogP contribution in [0.3, 0.4) is 0 Å². The van der Waals surface area contributed by atoms with Crippen LogP contribution in [0.4, 0.5) is 24.5 Å². The summed E-state index contributed by atoms with van der Waals surface area (Å²) in [6.45, 7) is 6.18. The Morgan fingerprint density at radius 1 is 0.792 bits per heavy atom. The molecule has 2 N–H and O–H groups in total. The summed E-state index contributed by atoms with van der Waals surface area (Å²) in [6, 6.07) is 12.8. The fourth-order valence-electron chi connectivity index (χ4n) is 2.36. The van der Waals surface area contributed by atoms with Crippen LogP contribution in [-0.4, -0.2) is 5.11 Å². The van der Waals surface area contributed by atoms with Gasteiger partial charge in [0, 0.05) is 5.69 Å². The number of hydrogen-bond donors (Lipinski definition) is 2. The molecule has 0 heterocycles. The number of rotatable bonds is 2. The number of hydrogen-bond acceptors (Lipinski definition) is 1. The summed E-state index contributed by atoms with van der Waals surface area (Å²) in [5, 5.41) is 5.76. The third kappa shape index (κ3) is 4.47. The molecule has 0 radical (unpaired) electrons. The second-order valence-electron chi connectivity index (χ2n) is 6.42. The molecule has 2 nitrogen and oxygen atoms in total. The van der Waals surface area contributed by atoms with E-state index >= 15 is 0 Å². The van der Waals surface area contributed by atoms with Crippen LogP contribution in [0.5, 0.6) is 0 Å². The fourth-order valence-corrected chi connectivity index (χ4v) is 2.58. The number of halogens is 3. The van der Waals surface area contributed by atoms with Gasteiger partial charge >= 0.3 is 6.18 Å². The highest BCUT2D eigenvalue weighted by Gasteiger charge is 2.33. The molecule has 24 heavy (non-hydrogen) atoms. The quantitative estimate of drug-likeness (QED) is 0.667. The van der Waals surface area contributed by atoms with Crippen LogP contribution in [0, 0.1) is 0 Å². The zero-order valence-corrected chi connectivity index (χ0v) is 14.5. The maximum Gasteiger partial charge on any atom is 0.418 e. The number of anilines is 2. The number of para-hydroxylation sites is 2. The topological polar surface area (TPSA) is 24.1 Å². The number of nitrogens with one attached hydrogen (secondary N) is 2. The second-order valence-corrected chi connectivity index (χ2v) is 6.83. The molecule has 2 rings (SSSR count). The van der Waals surface area contributed by atoms with Crippen molar-refractivity contribution in [2.45, 2.75) is 32.4 Å². The number of alkyl halides is 3. The molecule has 2 aromatic carbocycles. The summed E-state index contributed by atoms with van der Waals surface area (Å²) in [6.07, 6.45) is -4.44. The van der Waals surface area contributed by atoms with Gasteiger partial charge in [0.1, 0.15) is 0 Å². The molecule has 0 saturated heterocycles. The summed E-state index contributed by atoms with van der Waals surface area (Å²) in [5.41, 5.74) is 0.850. The van der Waals surface area contributed by atoms with Crippen molar-refractivity contribution in [2.75, 3.05) is 10.6 Å². The predicted octanol–water partition coefficient (Wildman–Crippen LogP) is 5.81. The second kappa shape index (κ2) is 6.81. The lowest BCUT2D eigenvalue weighted by Crippen LogP contribution is -2.24. The maximum absolute atomic E-state index is 13.0. The largest absolute Gasteiger partial charge is 0.418 e. The first-order chi connectivity index (χ1) is 11.1. The molecule has 0 amide bonds. The standard InChI is InChI=1S/C18H19F3N2S/c1-17(2,3)12-8-4-6-10-14(12)22-16(24)23-15-11-7-5-9-13(15)18(19,20)21/h4-11H,1-3H3,(H2,22,23,24). The first kappa shape index (κ1) is 18.3. The van der Waals surface area contributed by atoms with Gasteiger partial charge in [0.2, 0.25) is 0 Å². The highest BCUT2D eigenvalue weighted by atomic mass is 32.1. The number of thiocarbonyl (C=S) groups is 1. The monoisotopic (exact) mass is 352 g/mol. The lowest BCUT2D eigenvalue weighted by atomic mass is 9.86. The van der Waals surface area contributed by atoms with E-state index in [-0.39, 0.29) is 16.2 Å². The molecule has 6 heteroatoms. The molecule has 0 aliphatic heterocycles. The van der Waals surface area contributed by atoms with Gasteiger partial charge in [-0.15, -0.1) is 0 Å². The van der Waals surface area contributed by atoms with E-state index in [9.17, 15) is 13.2 Å². The van der Waals surface area contributed by atoms with E-state index in [0.717, 1.165) is 17.3 Å². The van der Waals surface area contributed by atoms with Crippen LogP contribution < -0.4 is 10.6 Å². The summed E-state index contributed by atoms with van der Waals surface area (Å²) in [7, 11) is 0. The SMILES string of the molecule is CC(C)(C)c1ccccc1NC(=S)Nc1ccccc1C(F)(F)F. The molecule has 0 fully saturated rings. The van der Waals surface area contributed by atoms with Gasteiger partial charge in [0.15, 0.2) is 5.11 Å². The van der Waals surface area contributed by atoms with Crippen molar-refractivity contribution in [3.05, 3.63) is 59.7 Å². The van der Waals surface area contributed by atoms with E-state index in [1.54, 1.807) is 0 Å². The minimum atomic E-state index is -4.44. The molecule has 0 atom stereocenters. The van der Waals surface area contributed by atoms with E-state index in [4.69, 9.17) is 12.2 Å². The summed E-state index contributed by atoms with van der Waals surface area (Å²) >= 11 is 5.19. The molecule has 128 valence electrons. The van der Waals surface area contributed by atoms with Gasteiger partial charge < -0.3 is 10.6 Å². The Labute approximate surface area is 145 Å². The molecule has 0 saturated carbocycles. The zero-order chi connectivity index (χ0) is 18.0. The van der Waals surface area contributed by atoms with Gasteiger partial charge in [0.05, 0.1) is 11.3 Å². The normalized spacial score (nSPS) is 11.9. The van der Waals surface area contributed by atoms with Crippen LogP contribution in [0.1, 0.15) is 31.9 Å². The van der Waals surface area contributed by atoms with Gasteiger partial charge in [-0.3, -0.25) is 0 Å². The van der Waals surface area contributed by atoms with Crippen molar-refractivity contribution < 1.29 is 13.2 Å². The molecule has 0 spiro atoms. The van der Waals surface area contributed by atoms with Crippen molar-refractivity contribution in [3.63, 3.8) is 0 Å². The van der Waals surface area contributed by atoms with Gasteiger partial charge in [-0.05, 0) is 41.4 Å². The number of benzene rings is 2. The highest BCUT2D eigenvalue weighted by Crippen LogP contribution is 2.35. The first-order valence-electron chi connectivity index (χ1n) is 7.43. The van der Waals surface area contributed by atoms with Crippen molar-refractivity contribution in [2.24, 2.45) is 0 Å². The molecular weight excluding hydrogens is 333 g/mol. The highest BCUT2D eigenvalue weighted by molar-refractivity contribution is 7.80. The average molecular weight is 352 g/mol. The van der Waals surface area contributed by atoms with Gasteiger partial charge in [-0.25, -0.2) is 0 Å². The average Bonchev–Trinajstić information content (AvgIpc) is 2.46. The molecule has 2 aromatic rings. The molecule has 0 aromatic heterocycles. The first-order valence-corrected chi connectivity index (χ1v) is 7.83. The van der Waals surface area contributed by atoms with Crippen LogP contribution in [0.25, 0.3) is 0 Å². The predicted molar refractivity (Wildman–Crippen MR) is 96.4 cm³/mol. The van der Waals surface area contributed by atoms with Crippen molar-refractivity contribution >= 4 is 28.7 Å². The van der Waals surface area contributed by atoms with Crippen LogP contribution >= 0.6 is 12.2 Å². The Kier molecular flexibility index (Phi) is 5.18. The lowest BCUT2D eigenvalue weighted by molar-refractivity contribution is -0.136. The van der Waals surface area contributed by atoms with Gasteiger partial charge in [-0.2, -0.15) is 13.2 Å². The van der Waals surface area contributed by atoms with E-state index in [1.165, 1.54) is 18.2 Å². The molecular formula is C18H19F3N2S. The van der Waals surface area contributed by atoms with Crippen molar-refractivity contribution in [3.8, 4) is 0 Å². The van der Waals surface area contributed by atoms with E-state index in [1.807, 2.05) is 24.3 Å². The zero-order valence-electron chi connectivity index (χ0n) is 13.7. The van der Waals surface area contributed by atoms with E-state index in [0.29, 0.717) is 0 Å². The fraction of sp³-hybridized carbons (Fsp3) is 0.278. The third-order valence-corrected chi connectivity index (χ3v) is 3.67. The van der Waals surface area contributed by atoms with Crippen LogP contribution in [-0.2, 0) is 11.6 Å². The molecule has 0 aliphatic carbocycles.